The van der Waals surface area contributed by atoms with Gasteiger partial charge in [-0.3, -0.25) is 4.79 Å². The molecule has 1 amide bonds. The van der Waals surface area contributed by atoms with E-state index in [-0.39, 0.29) is 5.91 Å². The second-order valence-corrected chi connectivity index (χ2v) is 4.98. The van der Waals surface area contributed by atoms with Gasteiger partial charge < -0.3 is 4.90 Å². The molecule has 0 saturated carbocycles. The number of alkyl halides is 1. The van der Waals surface area contributed by atoms with Crippen LogP contribution in [0.3, 0.4) is 0 Å². The van der Waals surface area contributed by atoms with E-state index in [0.29, 0.717) is 0 Å². The Labute approximate surface area is 110 Å². The Hall–Kier alpha value is -1.09. The molecule has 1 heterocycles. The Morgan fingerprint density at radius 1 is 1.53 bits per heavy atom. The molecule has 1 aromatic carbocycles. The Kier molecular flexibility index (Phi) is 4.00. The van der Waals surface area contributed by atoms with E-state index in [1.165, 1.54) is 11.1 Å². The molecule has 2 nitrogen and oxygen atoms in total. The molecule has 1 aromatic rings. The summed E-state index contributed by atoms with van der Waals surface area (Å²) in [6.45, 7) is 2.44. The fourth-order valence-corrected chi connectivity index (χ4v) is 2.40. The lowest BCUT2D eigenvalue weighted by Crippen LogP contribution is -2.25. The minimum Gasteiger partial charge on any atom is -0.312 e. The Bertz CT molecular complexity index is 454. The maximum absolute atomic E-state index is 11.4. The van der Waals surface area contributed by atoms with Crippen molar-refractivity contribution in [2.24, 2.45) is 0 Å². The molecule has 0 saturated heterocycles. The van der Waals surface area contributed by atoms with Gasteiger partial charge in [-0.2, -0.15) is 0 Å². The molecule has 3 heteroatoms. The van der Waals surface area contributed by atoms with Crippen LogP contribution in [0.2, 0.25) is 0 Å². The molecule has 0 atom stereocenters. The highest BCUT2D eigenvalue weighted by Crippen LogP contribution is 2.29. The molecule has 1 aliphatic heterocycles. The highest BCUT2D eigenvalue weighted by Gasteiger charge is 2.21. The fourth-order valence-electron chi connectivity index (χ4n) is 2.13. The molecule has 0 aliphatic carbocycles. The molecule has 0 N–H and O–H groups in total. The third kappa shape index (κ3) is 2.78. The molecular formula is C14H16BrNO. The van der Waals surface area contributed by atoms with Crippen molar-refractivity contribution in [3.8, 4) is 0 Å². The van der Waals surface area contributed by atoms with Gasteiger partial charge in [0.2, 0.25) is 5.91 Å². The molecule has 17 heavy (non-hydrogen) atoms. The number of nitrogens with zero attached hydrogens (tertiary/aromatic N) is 1. The van der Waals surface area contributed by atoms with Crippen molar-refractivity contribution >= 4 is 33.6 Å². The third-order valence-electron chi connectivity index (χ3n) is 2.97. The van der Waals surface area contributed by atoms with Gasteiger partial charge in [-0.15, -0.1) is 0 Å². The molecule has 90 valence electrons. The van der Waals surface area contributed by atoms with Gasteiger partial charge in [-0.25, -0.2) is 0 Å². The van der Waals surface area contributed by atoms with Crippen LogP contribution in [-0.4, -0.2) is 17.8 Å². The van der Waals surface area contributed by atoms with E-state index in [1.807, 2.05) is 4.90 Å². The zero-order valence-electron chi connectivity index (χ0n) is 9.95. The van der Waals surface area contributed by atoms with Gasteiger partial charge >= 0.3 is 0 Å². The molecule has 0 aromatic heterocycles. The number of hydrogen-bond acceptors (Lipinski definition) is 1. The number of hydrogen-bond donors (Lipinski definition) is 0. The molecule has 1 aliphatic rings. The number of benzene rings is 1. The van der Waals surface area contributed by atoms with Crippen molar-refractivity contribution in [3.63, 3.8) is 0 Å². The Balaban J connectivity index is 2.19. The van der Waals surface area contributed by atoms with E-state index in [2.05, 4.69) is 46.3 Å². The van der Waals surface area contributed by atoms with Gasteiger partial charge in [-0.1, -0.05) is 34.1 Å². The molecule has 0 bridgehead atoms. The first-order valence-electron chi connectivity index (χ1n) is 5.86. The Morgan fingerprint density at radius 2 is 2.35 bits per heavy atom. The third-order valence-corrected chi connectivity index (χ3v) is 3.42. The van der Waals surface area contributed by atoms with Crippen molar-refractivity contribution in [1.82, 2.24) is 0 Å². The van der Waals surface area contributed by atoms with Crippen molar-refractivity contribution < 1.29 is 4.79 Å². The van der Waals surface area contributed by atoms with Crippen LogP contribution in [0.5, 0.6) is 0 Å². The van der Waals surface area contributed by atoms with E-state index < -0.39 is 0 Å². The predicted octanol–water partition coefficient (Wildman–Crippen LogP) is 3.39. The van der Waals surface area contributed by atoms with Crippen LogP contribution in [0.15, 0.2) is 24.3 Å². The molecule has 0 unspecified atom stereocenters. The highest BCUT2D eigenvalue weighted by atomic mass is 79.9. The van der Waals surface area contributed by atoms with Crippen LogP contribution in [0.1, 0.15) is 24.5 Å². The normalized spacial score (nSPS) is 14.4. The summed E-state index contributed by atoms with van der Waals surface area (Å²) in [6.07, 6.45) is 6.30. The van der Waals surface area contributed by atoms with Gasteiger partial charge in [0.05, 0.1) is 0 Å². The first kappa shape index (κ1) is 12.4. The Morgan fingerprint density at radius 3 is 3.06 bits per heavy atom. The minimum absolute atomic E-state index is 0.131. The van der Waals surface area contributed by atoms with Crippen molar-refractivity contribution in [2.75, 3.05) is 16.8 Å². The summed E-state index contributed by atoms with van der Waals surface area (Å²) in [6, 6.07) is 6.31. The lowest BCUT2D eigenvalue weighted by atomic mass is 10.1. The summed E-state index contributed by atoms with van der Waals surface area (Å²) in [7, 11) is 0. The highest BCUT2D eigenvalue weighted by molar-refractivity contribution is 9.09. The summed E-state index contributed by atoms with van der Waals surface area (Å²) in [5, 5.41) is 0.993. The van der Waals surface area contributed by atoms with Crippen LogP contribution in [0.25, 0.3) is 6.08 Å². The standard InChI is InChI=1S/C14H16BrNO/c1-11(17)16-9-7-13-10-12(4-2-3-8-15)5-6-14(13)16/h2,4-6,10H,3,7-9H2,1H3. The van der Waals surface area contributed by atoms with Gasteiger partial charge in [0.1, 0.15) is 0 Å². The van der Waals surface area contributed by atoms with E-state index in [0.717, 1.165) is 30.4 Å². The van der Waals surface area contributed by atoms with E-state index in [1.54, 1.807) is 6.92 Å². The summed E-state index contributed by atoms with van der Waals surface area (Å²) in [5.74, 6) is 0.131. The maximum atomic E-state index is 11.4. The SMILES string of the molecule is CC(=O)N1CCc2cc(C=CCCBr)ccc21. The van der Waals surface area contributed by atoms with Gasteiger partial charge in [-0.05, 0) is 36.1 Å². The van der Waals surface area contributed by atoms with E-state index >= 15 is 0 Å². The second kappa shape index (κ2) is 5.50. The lowest BCUT2D eigenvalue weighted by Gasteiger charge is -2.14. The number of rotatable bonds is 3. The number of amides is 1. The zero-order chi connectivity index (χ0) is 12.3. The van der Waals surface area contributed by atoms with Crippen LogP contribution in [0.4, 0.5) is 5.69 Å². The average Bonchev–Trinajstić information content (AvgIpc) is 2.72. The first-order chi connectivity index (χ1) is 8.22. The molecule has 2 rings (SSSR count). The minimum atomic E-state index is 0.131. The second-order valence-electron chi connectivity index (χ2n) is 4.19. The van der Waals surface area contributed by atoms with Crippen molar-refractivity contribution in [1.29, 1.82) is 0 Å². The number of carbonyl (C=O) groups excluding carboxylic acids is 1. The lowest BCUT2D eigenvalue weighted by molar-refractivity contribution is -0.116. The van der Waals surface area contributed by atoms with Crippen LogP contribution in [0, 0.1) is 0 Å². The number of halogens is 1. The van der Waals surface area contributed by atoms with Crippen LogP contribution < -0.4 is 4.90 Å². The number of fused-ring (bicyclic) bond motifs is 1. The quantitative estimate of drug-likeness (QED) is 0.782. The average molecular weight is 294 g/mol. The largest absolute Gasteiger partial charge is 0.312 e. The number of allylic oxidation sites excluding steroid dienone is 1. The van der Waals surface area contributed by atoms with Crippen molar-refractivity contribution in [2.45, 2.75) is 19.8 Å². The van der Waals surface area contributed by atoms with Gasteiger partial charge in [0.15, 0.2) is 0 Å². The molecule has 0 spiro atoms. The molecule has 0 radical (unpaired) electrons. The van der Waals surface area contributed by atoms with Crippen LogP contribution in [-0.2, 0) is 11.2 Å². The monoisotopic (exact) mass is 293 g/mol. The van der Waals surface area contributed by atoms with Gasteiger partial charge in [0.25, 0.3) is 0 Å². The summed E-state index contributed by atoms with van der Waals surface area (Å²) < 4.78 is 0. The first-order valence-corrected chi connectivity index (χ1v) is 6.98. The van der Waals surface area contributed by atoms with E-state index in [9.17, 15) is 4.79 Å². The fraction of sp³-hybridized carbons (Fsp3) is 0.357. The smallest absolute Gasteiger partial charge is 0.223 e. The molecule has 0 fully saturated rings. The number of carbonyl (C=O) groups is 1. The summed E-state index contributed by atoms with van der Waals surface area (Å²) >= 11 is 3.40. The zero-order valence-corrected chi connectivity index (χ0v) is 11.5. The predicted molar refractivity (Wildman–Crippen MR) is 75.6 cm³/mol. The summed E-state index contributed by atoms with van der Waals surface area (Å²) in [5.41, 5.74) is 3.58. The maximum Gasteiger partial charge on any atom is 0.223 e. The summed E-state index contributed by atoms with van der Waals surface area (Å²) in [4.78, 5) is 13.3. The van der Waals surface area contributed by atoms with Crippen molar-refractivity contribution in [3.05, 3.63) is 35.4 Å². The van der Waals surface area contributed by atoms with Gasteiger partial charge in [0, 0.05) is 24.5 Å². The molecular weight excluding hydrogens is 278 g/mol. The van der Waals surface area contributed by atoms with Crippen LogP contribution >= 0.6 is 15.9 Å². The topological polar surface area (TPSA) is 20.3 Å². The van der Waals surface area contributed by atoms with E-state index in [4.69, 9.17) is 0 Å². The number of anilines is 1.